The summed E-state index contributed by atoms with van der Waals surface area (Å²) in [5.74, 6) is 0. The lowest BCUT2D eigenvalue weighted by molar-refractivity contribution is 0.0838. The normalized spacial score (nSPS) is 22.7. The zero-order valence-corrected chi connectivity index (χ0v) is 13.8. The maximum absolute atomic E-state index is 2.72. The molecule has 2 aromatic rings. The third-order valence-corrected chi connectivity index (χ3v) is 5.41. The molecule has 0 unspecified atom stereocenters. The lowest BCUT2D eigenvalue weighted by atomic mass is 9.96. The Morgan fingerprint density at radius 1 is 0.870 bits per heavy atom. The van der Waals surface area contributed by atoms with Gasteiger partial charge in [0.2, 0.25) is 0 Å². The van der Waals surface area contributed by atoms with Crippen LogP contribution in [0.3, 0.4) is 0 Å². The summed E-state index contributed by atoms with van der Waals surface area (Å²) in [5.41, 5.74) is 4.54. The Morgan fingerprint density at radius 3 is 2.52 bits per heavy atom. The molecule has 0 spiro atoms. The monoisotopic (exact) mass is 306 g/mol. The standard InChI is InChI=1S/C21H26N2/c1-2-7-18(8-3-1)15-22-13-6-11-21(17-22)23-14-12-19-9-4-5-10-20(19)16-23/h1-5,7-10,21H,6,11-17H2/t21-/m1/s1. The van der Waals surface area contributed by atoms with Crippen molar-refractivity contribution < 1.29 is 0 Å². The number of nitrogens with zero attached hydrogens (tertiary/aromatic N) is 2. The lowest BCUT2D eigenvalue weighted by Gasteiger charge is -2.41. The summed E-state index contributed by atoms with van der Waals surface area (Å²) in [6.45, 7) is 5.93. The van der Waals surface area contributed by atoms with Gasteiger partial charge >= 0.3 is 0 Å². The molecule has 4 rings (SSSR count). The highest BCUT2D eigenvalue weighted by Crippen LogP contribution is 2.25. The van der Waals surface area contributed by atoms with Crippen LogP contribution in [-0.2, 0) is 19.5 Å². The smallest absolute Gasteiger partial charge is 0.0240 e. The summed E-state index contributed by atoms with van der Waals surface area (Å²) in [5, 5.41) is 0. The van der Waals surface area contributed by atoms with E-state index < -0.39 is 0 Å². The molecule has 0 N–H and O–H groups in total. The molecule has 0 aliphatic carbocycles. The molecule has 0 radical (unpaired) electrons. The van der Waals surface area contributed by atoms with Crippen molar-refractivity contribution in [3.05, 3.63) is 71.3 Å². The van der Waals surface area contributed by atoms with E-state index in [2.05, 4.69) is 64.4 Å². The summed E-state index contributed by atoms with van der Waals surface area (Å²) in [6.07, 6.45) is 3.90. The summed E-state index contributed by atoms with van der Waals surface area (Å²) in [4.78, 5) is 5.36. The third kappa shape index (κ3) is 3.49. The van der Waals surface area contributed by atoms with Crippen molar-refractivity contribution in [3.63, 3.8) is 0 Å². The molecule has 120 valence electrons. The second-order valence-electron chi connectivity index (χ2n) is 7.01. The average molecular weight is 306 g/mol. The van der Waals surface area contributed by atoms with E-state index >= 15 is 0 Å². The van der Waals surface area contributed by atoms with Crippen LogP contribution in [0.1, 0.15) is 29.5 Å². The molecule has 2 aliphatic rings. The van der Waals surface area contributed by atoms with Crippen LogP contribution in [0.4, 0.5) is 0 Å². The van der Waals surface area contributed by atoms with Gasteiger partial charge in [-0.1, -0.05) is 54.6 Å². The van der Waals surface area contributed by atoms with Crippen LogP contribution in [0.25, 0.3) is 0 Å². The largest absolute Gasteiger partial charge is 0.298 e. The predicted molar refractivity (Wildman–Crippen MR) is 95.3 cm³/mol. The number of fused-ring (bicyclic) bond motifs is 1. The minimum absolute atomic E-state index is 0.723. The Balaban J connectivity index is 1.40. The van der Waals surface area contributed by atoms with Crippen LogP contribution in [0.15, 0.2) is 54.6 Å². The van der Waals surface area contributed by atoms with Crippen molar-refractivity contribution in [1.82, 2.24) is 9.80 Å². The first-order chi connectivity index (χ1) is 11.4. The van der Waals surface area contributed by atoms with Crippen LogP contribution < -0.4 is 0 Å². The van der Waals surface area contributed by atoms with E-state index in [0.717, 1.165) is 19.1 Å². The summed E-state index contributed by atoms with van der Waals surface area (Å²) in [7, 11) is 0. The van der Waals surface area contributed by atoms with Gasteiger partial charge in [-0.3, -0.25) is 9.80 Å². The van der Waals surface area contributed by atoms with E-state index in [9.17, 15) is 0 Å². The van der Waals surface area contributed by atoms with E-state index in [-0.39, 0.29) is 0 Å². The zero-order chi connectivity index (χ0) is 15.5. The molecule has 0 bridgehead atoms. The van der Waals surface area contributed by atoms with Crippen molar-refractivity contribution in [2.45, 2.75) is 38.4 Å². The number of benzene rings is 2. The Morgan fingerprint density at radius 2 is 1.65 bits per heavy atom. The van der Waals surface area contributed by atoms with E-state index in [1.807, 2.05) is 0 Å². The number of piperidine rings is 1. The fourth-order valence-corrected chi connectivity index (χ4v) is 4.14. The molecule has 0 saturated carbocycles. The van der Waals surface area contributed by atoms with E-state index in [4.69, 9.17) is 0 Å². The highest BCUT2D eigenvalue weighted by molar-refractivity contribution is 5.29. The molecule has 2 aromatic carbocycles. The van der Waals surface area contributed by atoms with Crippen molar-refractivity contribution in [1.29, 1.82) is 0 Å². The Labute approximate surface area is 139 Å². The molecule has 2 heteroatoms. The van der Waals surface area contributed by atoms with Crippen molar-refractivity contribution in [2.24, 2.45) is 0 Å². The Bertz CT molecular complexity index is 637. The van der Waals surface area contributed by atoms with E-state index in [0.29, 0.717) is 0 Å². The quantitative estimate of drug-likeness (QED) is 0.853. The van der Waals surface area contributed by atoms with E-state index in [1.54, 1.807) is 11.1 Å². The molecule has 23 heavy (non-hydrogen) atoms. The minimum atomic E-state index is 0.723. The van der Waals surface area contributed by atoms with Crippen LogP contribution in [0.2, 0.25) is 0 Å². The van der Waals surface area contributed by atoms with Gasteiger partial charge in [-0.15, -0.1) is 0 Å². The zero-order valence-electron chi connectivity index (χ0n) is 13.8. The van der Waals surface area contributed by atoms with Crippen LogP contribution >= 0.6 is 0 Å². The van der Waals surface area contributed by atoms with Crippen LogP contribution in [-0.4, -0.2) is 35.5 Å². The van der Waals surface area contributed by atoms with E-state index in [1.165, 1.54) is 44.5 Å². The average Bonchev–Trinajstić information content (AvgIpc) is 2.62. The first-order valence-corrected chi connectivity index (χ1v) is 8.95. The lowest BCUT2D eigenvalue weighted by Crippen LogP contribution is -2.49. The summed E-state index contributed by atoms with van der Waals surface area (Å²) >= 11 is 0. The SMILES string of the molecule is c1ccc(CN2CCC[C@@H](N3CCc4ccccc4C3)C2)cc1. The van der Waals surface area contributed by atoms with Gasteiger partial charge in [-0.25, -0.2) is 0 Å². The molecular weight excluding hydrogens is 280 g/mol. The fraction of sp³-hybridized carbons (Fsp3) is 0.429. The van der Waals surface area contributed by atoms with Gasteiger partial charge in [0.25, 0.3) is 0 Å². The molecular formula is C21H26N2. The van der Waals surface area contributed by atoms with Crippen molar-refractivity contribution in [3.8, 4) is 0 Å². The van der Waals surface area contributed by atoms with Gasteiger partial charge in [0.15, 0.2) is 0 Å². The molecule has 0 amide bonds. The van der Waals surface area contributed by atoms with Gasteiger partial charge in [-0.2, -0.15) is 0 Å². The van der Waals surface area contributed by atoms with Gasteiger partial charge < -0.3 is 0 Å². The predicted octanol–water partition coefficient (Wildman–Crippen LogP) is 3.71. The number of likely N-dealkylation sites (tertiary alicyclic amines) is 1. The van der Waals surface area contributed by atoms with Crippen molar-refractivity contribution in [2.75, 3.05) is 19.6 Å². The van der Waals surface area contributed by atoms with Gasteiger partial charge in [-0.05, 0) is 42.5 Å². The topological polar surface area (TPSA) is 6.48 Å². The van der Waals surface area contributed by atoms with Crippen LogP contribution in [0.5, 0.6) is 0 Å². The second kappa shape index (κ2) is 6.86. The number of hydrogen-bond donors (Lipinski definition) is 0. The fourth-order valence-electron chi connectivity index (χ4n) is 4.14. The Kier molecular flexibility index (Phi) is 4.45. The molecule has 1 saturated heterocycles. The molecule has 0 aromatic heterocycles. The maximum atomic E-state index is 2.72. The molecule has 2 nitrogen and oxygen atoms in total. The molecule has 1 atom stereocenters. The minimum Gasteiger partial charge on any atom is -0.298 e. The first kappa shape index (κ1) is 14.9. The molecule has 2 heterocycles. The number of hydrogen-bond acceptors (Lipinski definition) is 2. The summed E-state index contributed by atoms with van der Waals surface area (Å²) in [6, 6.07) is 20.6. The first-order valence-electron chi connectivity index (χ1n) is 8.95. The number of rotatable bonds is 3. The second-order valence-corrected chi connectivity index (χ2v) is 7.01. The Hall–Kier alpha value is -1.64. The maximum Gasteiger partial charge on any atom is 0.0240 e. The molecule has 2 aliphatic heterocycles. The third-order valence-electron chi connectivity index (χ3n) is 5.41. The van der Waals surface area contributed by atoms with Crippen LogP contribution in [0, 0.1) is 0 Å². The highest BCUT2D eigenvalue weighted by Gasteiger charge is 2.27. The van der Waals surface area contributed by atoms with Gasteiger partial charge in [0.05, 0.1) is 0 Å². The van der Waals surface area contributed by atoms with Gasteiger partial charge in [0.1, 0.15) is 0 Å². The van der Waals surface area contributed by atoms with Crippen molar-refractivity contribution >= 4 is 0 Å². The highest BCUT2D eigenvalue weighted by atomic mass is 15.2. The van der Waals surface area contributed by atoms with Gasteiger partial charge in [0, 0.05) is 32.2 Å². The molecule has 1 fully saturated rings. The summed E-state index contributed by atoms with van der Waals surface area (Å²) < 4.78 is 0.